The van der Waals surface area contributed by atoms with Crippen molar-refractivity contribution >= 4 is 17.5 Å². The van der Waals surface area contributed by atoms with E-state index in [1.807, 2.05) is 18.2 Å². The molecule has 2 heterocycles. The molecule has 1 N–H and O–H groups in total. The van der Waals surface area contributed by atoms with E-state index in [0.717, 1.165) is 11.3 Å². The van der Waals surface area contributed by atoms with Gasteiger partial charge >= 0.3 is 0 Å². The van der Waals surface area contributed by atoms with E-state index in [1.54, 1.807) is 4.52 Å². The minimum Gasteiger partial charge on any atom is -0.293 e. The van der Waals surface area contributed by atoms with Crippen LogP contribution in [-0.4, -0.2) is 20.5 Å². The molecule has 5 nitrogen and oxygen atoms in total. The highest BCUT2D eigenvalue weighted by Gasteiger charge is 2.10. The van der Waals surface area contributed by atoms with Crippen molar-refractivity contribution < 1.29 is 4.79 Å². The number of nitrogens with zero attached hydrogens (tertiary/aromatic N) is 3. The maximum atomic E-state index is 11.2. The van der Waals surface area contributed by atoms with Gasteiger partial charge in [-0.15, -0.1) is 5.10 Å². The van der Waals surface area contributed by atoms with Crippen LogP contribution < -0.4 is 5.32 Å². The number of hydrogen-bond acceptors (Lipinski definition) is 3. The van der Waals surface area contributed by atoms with Crippen molar-refractivity contribution in [1.82, 2.24) is 14.6 Å². The van der Waals surface area contributed by atoms with Crippen LogP contribution in [0.3, 0.4) is 0 Å². The summed E-state index contributed by atoms with van der Waals surface area (Å²) in [6.07, 6.45) is 0. The van der Waals surface area contributed by atoms with Crippen LogP contribution in [0.15, 0.2) is 42.5 Å². The lowest BCUT2D eigenvalue weighted by Crippen LogP contribution is -2.07. The lowest BCUT2D eigenvalue weighted by atomic mass is 9.99. The minimum absolute atomic E-state index is 0.181. The first-order valence-electron chi connectivity index (χ1n) is 7.28. The van der Waals surface area contributed by atoms with Gasteiger partial charge in [-0.3, -0.25) is 10.1 Å². The fourth-order valence-electron chi connectivity index (χ4n) is 2.39. The monoisotopic (exact) mass is 294 g/mol. The third-order valence-corrected chi connectivity index (χ3v) is 3.50. The Morgan fingerprint density at radius 1 is 1.18 bits per heavy atom. The summed E-state index contributed by atoms with van der Waals surface area (Å²) < 4.78 is 1.75. The molecule has 3 aromatic rings. The summed E-state index contributed by atoms with van der Waals surface area (Å²) in [7, 11) is 0. The number of pyridine rings is 1. The zero-order chi connectivity index (χ0) is 15.7. The summed E-state index contributed by atoms with van der Waals surface area (Å²) in [6.45, 7) is 5.78. The number of amides is 1. The van der Waals surface area contributed by atoms with Gasteiger partial charge in [0.05, 0.1) is 5.69 Å². The second-order valence-corrected chi connectivity index (χ2v) is 5.58. The van der Waals surface area contributed by atoms with Crippen LogP contribution in [0.4, 0.5) is 5.95 Å². The SMILES string of the molecule is CC(=O)Nc1nc2cccc(-c3cccc(C(C)C)c3)n2n1. The molecule has 0 saturated carbocycles. The topological polar surface area (TPSA) is 59.3 Å². The van der Waals surface area contributed by atoms with Crippen molar-refractivity contribution in [1.29, 1.82) is 0 Å². The third-order valence-electron chi connectivity index (χ3n) is 3.50. The van der Waals surface area contributed by atoms with Crippen LogP contribution in [0.2, 0.25) is 0 Å². The molecule has 22 heavy (non-hydrogen) atoms. The maximum Gasteiger partial charge on any atom is 0.249 e. The first-order valence-corrected chi connectivity index (χ1v) is 7.28. The van der Waals surface area contributed by atoms with E-state index >= 15 is 0 Å². The molecule has 1 aromatic carbocycles. The van der Waals surface area contributed by atoms with Crippen LogP contribution in [0, 0.1) is 0 Å². The van der Waals surface area contributed by atoms with E-state index in [0.29, 0.717) is 17.5 Å². The number of fused-ring (bicyclic) bond motifs is 1. The van der Waals surface area contributed by atoms with Gasteiger partial charge in [-0.2, -0.15) is 4.98 Å². The molecule has 5 heteroatoms. The smallest absolute Gasteiger partial charge is 0.249 e. The summed E-state index contributed by atoms with van der Waals surface area (Å²) in [4.78, 5) is 15.5. The molecule has 0 saturated heterocycles. The highest BCUT2D eigenvalue weighted by atomic mass is 16.1. The number of carbonyl (C=O) groups excluding carboxylic acids is 1. The number of aromatic nitrogens is 3. The molecule has 0 aliphatic rings. The Morgan fingerprint density at radius 2 is 1.95 bits per heavy atom. The highest BCUT2D eigenvalue weighted by molar-refractivity contribution is 5.87. The summed E-state index contributed by atoms with van der Waals surface area (Å²) in [6, 6.07) is 14.2. The number of anilines is 1. The van der Waals surface area contributed by atoms with E-state index in [2.05, 4.69) is 53.5 Å². The maximum absolute atomic E-state index is 11.2. The largest absolute Gasteiger partial charge is 0.293 e. The van der Waals surface area contributed by atoms with Gasteiger partial charge in [-0.05, 0) is 29.7 Å². The van der Waals surface area contributed by atoms with Crippen molar-refractivity contribution in [3.63, 3.8) is 0 Å². The summed E-state index contributed by atoms with van der Waals surface area (Å²) in [5.74, 6) is 0.601. The zero-order valence-corrected chi connectivity index (χ0v) is 12.9. The predicted octanol–water partition coefficient (Wildman–Crippen LogP) is 3.48. The summed E-state index contributed by atoms with van der Waals surface area (Å²) in [5.41, 5.74) is 4.01. The quantitative estimate of drug-likeness (QED) is 0.804. The van der Waals surface area contributed by atoms with Crippen molar-refractivity contribution in [3.05, 3.63) is 48.0 Å². The standard InChI is InChI=1S/C17H18N4O/c1-11(2)13-6-4-7-14(10-13)15-8-5-9-16-19-17(18-12(3)22)20-21(15)16/h4-11H,1-3H3,(H,18,20,22). The average molecular weight is 294 g/mol. The number of hydrogen-bond donors (Lipinski definition) is 1. The molecule has 1 amide bonds. The second-order valence-electron chi connectivity index (χ2n) is 5.58. The van der Waals surface area contributed by atoms with Crippen molar-refractivity contribution in [2.75, 3.05) is 5.32 Å². The first-order chi connectivity index (χ1) is 10.5. The predicted molar refractivity (Wildman–Crippen MR) is 86.8 cm³/mol. The van der Waals surface area contributed by atoms with E-state index in [9.17, 15) is 4.79 Å². The molecule has 112 valence electrons. The lowest BCUT2D eigenvalue weighted by molar-refractivity contribution is -0.114. The van der Waals surface area contributed by atoms with Crippen LogP contribution in [-0.2, 0) is 4.79 Å². The van der Waals surface area contributed by atoms with Gasteiger partial charge in [0.15, 0.2) is 5.65 Å². The molecular formula is C17H18N4O. The van der Waals surface area contributed by atoms with Crippen LogP contribution in [0.1, 0.15) is 32.3 Å². The van der Waals surface area contributed by atoms with E-state index in [4.69, 9.17) is 0 Å². The molecular weight excluding hydrogens is 276 g/mol. The fourth-order valence-corrected chi connectivity index (χ4v) is 2.39. The fraction of sp³-hybridized carbons (Fsp3) is 0.235. The summed E-state index contributed by atoms with van der Waals surface area (Å²) >= 11 is 0. The van der Waals surface area contributed by atoms with E-state index < -0.39 is 0 Å². The molecule has 0 fully saturated rings. The van der Waals surface area contributed by atoms with Crippen molar-refractivity contribution in [2.45, 2.75) is 26.7 Å². The number of rotatable bonds is 3. The molecule has 0 aliphatic heterocycles. The van der Waals surface area contributed by atoms with Gasteiger partial charge in [-0.25, -0.2) is 4.52 Å². The van der Waals surface area contributed by atoms with Gasteiger partial charge in [0, 0.05) is 12.5 Å². The number of nitrogens with one attached hydrogen (secondary N) is 1. The Morgan fingerprint density at radius 3 is 2.68 bits per heavy atom. The summed E-state index contributed by atoms with van der Waals surface area (Å²) in [5, 5.41) is 7.00. The molecule has 0 unspecified atom stereocenters. The van der Waals surface area contributed by atoms with E-state index in [-0.39, 0.29) is 5.91 Å². The zero-order valence-electron chi connectivity index (χ0n) is 12.9. The molecule has 3 rings (SSSR count). The van der Waals surface area contributed by atoms with Gasteiger partial charge < -0.3 is 0 Å². The van der Waals surface area contributed by atoms with E-state index in [1.165, 1.54) is 12.5 Å². The third kappa shape index (κ3) is 2.70. The van der Waals surface area contributed by atoms with Crippen LogP contribution in [0.25, 0.3) is 16.9 Å². The molecule has 0 spiro atoms. The Bertz CT molecular complexity index is 836. The van der Waals surface area contributed by atoms with Gasteiger partial charge in [-0.1, -0.05) is 38.1 Å². The minimum atomic E-state index is -0.181. The van der Waals surface area contributed by atoms with Gasteiger partial charge in [0.1, 0.15) is 0 Å². The number of benzene rings is 1. The first kappa shape index (κ1) is 14.3. The van der Waals surface area contributed by atoms with Crippen molar-refractivity contribution in [3.8, 4) is 11.3 Å². The Hall–Kier alpha value is -2.69. The molecule has 0 aliphatic carbocycles. The Kier molecular flexibility index (Phi) is 3.63. The second kappa shape index (κ2) is 5.60. The van der Waals surface area contributed by atoms with Gasteiger partial charge in [0.2, 0.25) is 11.9 Å². The highest BCUT2D eigenvalue weighted by Crippen LogP contribution is 2.24. The normalized spacial score (nSPS) is 11.1. The average Bonchev–Trinajstić information content (AvgIpc) is 2.88. The number of carbonyl (C=O) groups is 1. The lowest BCUT2D eigenvalue weighted by Gasteiger charge is -2.09. The molecule has 2 aromatic heterocycles. The molecule has 0 atom stereocenters. The Balaban J connectivity index is 2.12. The molecule has 0 bridgehead atoms. The van der Waals surface area contributed by atoms with Gasteiger partial charge in [0.25, 0.3) is 0 Å². The van der Waals surface area contributed by atoms with Crippen molar-refractivity contribution in [2.24, 2.45) is 0 Å². The van der Waals surface area contributed by atoms with Crippen LogP contribution in [0.5, 0.6) is 0 Å². The Labute approximate surface area is 129 Å². The molecule has 0 radical (unpaired) electrons. The van der Waals surface area contributed by atoms with Crippen LogP contribution >= 0.6 is 0 Å².